The number of aromatic nitrogens is 1. The molecule has 0 fully saturated rings. The molecule has 24 heavy (non-hydrogen) atoms. The van der Waals surface area contributed by atoms with Crippen molar-refractivity contribution in [3.63, 3.8) is 0 Å². The lowest BCUT2D eigenvalue weighted by Crippen LogP contribution is -2.11. The highest BCUT2D eigenvalue weighted by Crippen LogP contribution is 2.30. The number of hydrogen-bond donors (Lipinski definition) is 1. The second kappa shape index (κ2) is 7.03. The summed E-state index contributed by atoms with van der Waals surface area (Å²) in [5.74, 6) is -0.167. The van der Waals surface area contributed by atoms with Crippen LogP contribution >= 0.6 is 22.9 Å². The number of nitrogens with zero attached hydrogens (tertiary/aromatic N) is 2. The number of anilines is 3. The van der Waals surface area contributed by atoms with E-state index in [4.69, 9.17) is 11.6 Å². The molecule has 1 heterocycles. The van der Waals surface area contributed by atoms with E-state index in [1.54, 1.807) is 24.3 Å². The minimum absolute atomic E-state index is 0.167. The van der Waals surface area contributed by atoms with Gasteiger partial charge in [-0.05, 0) is 43.3 Å². The van der Waals surface area contributed by atoms with Crippen LogP contribution in [-0.2, 0) is 0 Å². The Bertz CT molecular complexity index is 846. The van der Waals surface area contributed by atoms with E-state index in [-0.39, 0.29) is 5.91 Å². The van der Waals surface area contributed by atoms with Gasteiger partial charge in [-0.25, -0.2) is 4.98 Å². The Morgan fingerprint density at radius 3 is 2.46 bits per heavy atom. The Labute approximate surface area is 149 Å². The van der Waals surface area contributed by atoms with Gasteiger partial charge >= 0.3 is 0 Å². The average Bonchev–Trinajstić information content (AvgIpc) is 2.99. The van der Waals surface area contributed by atoms with Gasteiger partial charge in [-0.1, -0.05) is 41.1 Å². The van der Waals surface area contributed by atoms with E-state index in [9.17, 15) is 4.79 Å². The van der Waals surface area contributed by atoms with Gasteiger partial charge in [-0.3, -0.25) is 4.79 Å². The summed E-state index contributed by atoms with van der Waals surface area (Å²) in [6.07, 6.45) is 0. The van der Waals surface area contributed by atoms with Crippen LogP contribution in [0.15, 0.2) is 54.6 Å². The largest absolute Gasteiger partial charge is 0.321 e. The minimum Gasteiger partial charge on any atom is -0.321 e. The molecule has 0 aliphatic carbocycles. The predicted octanol–water partition coefficient (Wildman–Crippen LogP) is 5.13. The number of benzene rings is 2. The average molecular weight is 358 g/mol. The first-order valence-electron chi connectivity index (χ1n) is 7.38. The summed E-state index contributed by atoms with van der Waals surface area (Å²) in [5.41, 5.74) is 2.44. The number of aryl methyl sites for hydroxylation is 1. The van der Waals surface area contributed by atoms with Gasteiger partial charge in [-0.15, -0.1) is 0 Å². The number of thiazole rings is 1. The van der Waals surface area contributed by atoms with E-state index in [0.717, 1.165) is 10.8 Å². The lowest BCUT2D eigenvalue weighted by molar-refractivity contribution is 0.103. The van der Waals surface area contributed by atoms with Crippen LogP contribution in [0, 0.1) is 6.92 Å². The van der Waals surface area contributed by atoms with E-state index >= 15 is 0 Å². The molecule has 1 N–H and O–H groups in total. The SMILES string of the molecule is Cc1nc(N(C)c2ccccc2)sc1C(=O)Nc1ccc(Cl)cc1. The Balaban J connectivity index is 1.80. The van der Waals surface area contributed by atoms with E-state index < -0.39 is 0 Å². The predicted molar refractivity (Wildman–Crippen MR) is 101 cm³/mol. The first-order valence-corrected chi connectivity index (χ1v) is 8.57. The van der Waals surface area contributed by atoms with E-state index in [2.05, 4.69) is 10.3 Å². The van der Waals surface area contributed by atoms with Crippen molar-refractivity contribution >= 4 is 45.4 Å². The molecule has 1 aromatic heterocycles. The van der Waals surface area contributed by atoms with Crippen molar-refractivity contribution < 1.29 is 4.79 Å². The highest BCUT2D eigenvalue weighted by molar-refractivity contribution is 7.17. The van der Waals surface area contributed by atoms with Gasteiger partial charge in [-0.2, -0.15) is 0 Å². The van der Waals surface area contributed by atoms with Crippen LogP contribution in [0.25, 0.3) is 0 Å². The Morgan fingerprint density at radius 1 is 1.12 bits per heavy atom. The van der Waals surface area contributed by atoms with Crippen molar-refractivity contribution in [2.45, 2.75) is 6.92 Å². The summed E-state index contributed by atoms with van der Waals surface area (Å²) < 4.78 is 0. The molecule has 3 rings (SSSR count). The first-order chi connectivity index (χ1) is 11.5. The summed E-state index contributed by atoms with van der Waals surface area (Å²) in [4.78, 5) is 19.6. The highest BCUT2D eigenvalue weighted by Gasteiger charge is 2.18. The van der Waals surface area contributed by atoms with Crippen LogP contribution in [0.5, 0.6) is 0 Å². The van der Waals surface area contributed by atoms with Crippen molar-refractivity contribution in [1.82, 2.24) is 4.98 Å². The van der Waals surface area contributed by atoms with Crippen LogP contribution in [0.1, 0.15) is 15.4 Å². The number of carbonyl (C=O) groups is 1. The molecule has 0 radical (unpaired) electrons. The summed E-state index contributed by atoms with van der Waals surface area (Å²) in [6, 6.07) is 16.9. The summed E-state index contributed by atoms with van der Waals surface area (Å²) in [6.45, 7) is 1.84. The van der Waals surface area contributed by atoms with Gasteiger partial charge in [0.2, 0.25) is 0 Å². The van der Waals surface area contributed by atoms with Gasteiger partial charge in [0.1, 0.15) is 4.88 Å². The standard InChI is InChI=1S/C18H16ClN3OS/c1-12-16(17(23)21-14-10-8-13(19)9-11-14)24-18(20-12)22(2)15-6-4-3-5-7-15/h3-11H,1-2H3,(H,21,23). The fraction of sp³-hybridized carbons (Fsp3) is 0.111. The van der Waals surface area contributed by atoms with Gasteiger partial charge in [0.25, 0.3) is 5.91 Å². The fourth-order valence-electron chi connectivity index (χ4n) is 2.22. The molecule has 1 amide bonds. The molecule has 4 nitrogen and oxygen atoms in total. The lowest BCUT2D eigenvalue weighted by atomic mass is 10.3. The molecule has 122 valence electrons. The minimum atomic E-state index is -0.167. The first kappa shape index (κ1) is 16.5. The van der Waals surface area contributed by atoms with E-state index in [0.29, 0.717) is 21.3 Å². The highest BCUT2D eigenvalue weighted by atomic mass is 35.5. The Hall–Kier alpha value is -2.37. The normalized spacial score (nSPS) is 10.5. The fourth-order valence-corrected chi connectivity index (χ4v) is 3.29. The van der Waals surface area contributed by atoms with Crippen molar-refractivity contribution in [2.75, 3.05) is 17.3 Å². The molecule has 6 heteroatoms. The summed E-state index contributed by atoms with van der Waals surface area (Å²) in [5, 5.41) is 4.28. The summed E-state index contributed by atoms with van der Waals surface area (Å²) >= 11 is 7.23. The molecular formula is C18H16ClN3OS. The molecule has 0 bridgehead atoms. The third-order valence-electron chi connectivity index (χ3n) is 3.52. The van der Waals surface area contributed by atoms with Crippen LogP contribution in [0.4, 0.5) is 16.5 Å². The number of amides is 1. The molecule has 0 aliphatic rings. The van der Waals surface area contributed by atoms with Crippen molar-refractivity contribution in [1.29, 1.82) is 0 Å². The van der Waals surface area contributed by atoms with Gasteiger partial charge in [0, 0.05) is 23.4 Å². The molecule has 0 aliphatic heterocycles. The maximum atomic E-state index is 12.5. The Kier molecular flexibility index (Phi) is 4.83. The van der Waals surface area contributed by atoms with Crippen molar-refractivity contribution in [2.24, 2.45) is 0 Å². The maximum Gasteiger partial charge on any atom is 0.267 e. The van der Waals surface area contributed by atoms with Gasteiger partial charge in [0.15, 0.2) is 5.13 Å². The number of nitrogens with one attached hydrogen (secondary N) is 1. The summed E-state index contributed by atoms with van der Waals surface area (Å²) in [7, 11) is 1.94. The number of halogens is 1. The third kappa shape index (κ3) is 3.58. The molecule has 0 spiro atoms. The zero-order valence-electron chi connectivity index (χ0n) is 13.3. The maximum absolute atomic E-state index is 12.5. The lowest BCUT2D eigenvalue weighted by Gasteiger charge is -2.15. The van der Waals surface area contributed by atoms with E-state index in [1.165, 1.54) is 11.3 Å². The molecule has 2 aromatic carbocycles. The molecule has 0 unspecified atom stereocenters. The van der Waals surface area contributed by atoms with Crippen LogP contribution in [0.3, 0.4) is 0 Å². The topological polar surface area (TPSA) is 45.2 Å². The third-order valence-corrected chi connectivity index (χ3v) is 5.01. The van der Waals surface area contributed by atoms with Crippen LogP contribution in [0.2, 0.25) is 5.02 Å². The van der Waals surface area contributed by atoms with Gasteiger partial charge < -0.3 is 10.2 Å². The smallest absolute Gasteiger partial charge is 0.267 e. The molecule has 0 atom stereocenters. The molecular weight excluding hydrogens is 342 g/mol. The number of carbonyl (C=O) groups excluding carboxylic acids is 1. The quantitative estimate of drug-likeness (QED) is 0.704. The number of rotatable bonds is 4. The second-order valence-corrected chi connectivity index (χ2v) is 6.68. The molecule has 0 saturated heterocycles. The Morgan fingerprint density at radius 2 is 1.79 bits per heavy atom. The number of hydrogen-bond acceptors (Lipinski definition) is 4. The zero-order valence-corrected chi connectivity index (χ0v) is 14.9. The van der Waals surface area contributed by atoms with Crippen LogP contribution < -0.4 is 10.2 Å². The van der Waals surface area contributed by atoms with Crippen molar-refractivity contribution in [3.05, 3.63) is 70.2 Å². The van der Waals surface area contributed by atoms with Crippen LogP contribution in [-0.4, -0.2) is 17.9 Å². The second-order valence-electron chi connectivity index (χ2n) is 5.27. The molecule has 3 aromatic rings. The number of para-hydroxylation sites is 1. The zero-order chi connectivity index (χ0) is 17.1. The van der Waals surface area contributed by atoms with E-state index in [1.807, 2.05) is 49.2 Å². The van der Waals surface area contributed by atoms with Gasteiger partial charge in [0.05, 0.1) is 5.69 Å². The molecule has 0 saturated carbocycles. The van der Waals surface area contributed by atoms with Crippen molar-refractivity contribution in [3.8, 4) is 0 Å². The monoisotopic (exact) mass is 357 g/mol.